The van der Waals surface area contributed by atoms with E-state index in [1.807, 2.05) is 30.3 Å². The molecule has 3 N–H and O–H groups in total. The molecule has 1 heterocycles. The predicted octanol–water partition coefficient (Wildman–Crippen LogP) is 4.56. The van der Waals surface area contributed by atoms with Crippen molar-refractivity contribution in [1.29, 1.82) is 0 Å². The first kappa shape index (κ1) is 20.8. The van der Waals surface area contributed by atoms with E-state index in [4.69, 9.17) is 28.9 Å². The fourth-order valence-corrected chi connectivity index (χ4v) is 3.85. The molecule has 2 aromatic carbocycles. The monoisotopic (exact) mass is 413 g/mol. The van der Waals surface area contributed by atoms with E-state index in [0.717, 1.165) is 24.9 Å². The molecule has 1 aliphatic rings. The smallest absolute Gasteiger partial charge is 0.251 e. The van der Waals surface area contributed by atoms with Gasteiger partial charge in [0.2, 0.25) is 0 Å². The zero-order chi connectivity index (χ0) is 18.0. The van der Waals surface area contributed by atoms with Gasteiger partial charge < -0.3 is 16.0 Å². The summed E-state index contributed by atoms with van der Waals surface area (Å²) in [6.45, 7) is 1.03. The summed E-state index contributed by atoms with van der Waals surface area (Å²) in [5.41, 5.74) is 7.54. The van der Waals surface area contributed by atoms with Gasteiger partial charge in [-0.3, -0.25) is 4.79 Å². The first-order valence-electron chi connectivity index (χ1n) is 8.28. The number of nitrogen functional groups attached to an aromatic ring is 1. The number of benzene rings is 2. The standard InChI is InChI=1S/C19H21Cl2N3O.ClH/c1-24-9-5-8-16(24)18(12-6-3-2-4-7-12)23-19(25)13-10-14(20)17(22)15(21)11-13;/h2-4,6-7,10-11,16,18H,5,8-9,22H2,1H3,(H,23,25);1H. The highest BCUT2D eigenvalue weighted by Gasteiger charge is 2.31. The second-order valence-electron chi connectivity index (χ2n) is 6.41. The lowest BCUT2D eigenvalue weighted by Gasteiger charge is -2.30. The fourth-order valence-electron chi connectivity index (χ4n) is 3.36. The molecule has 0 saturated carbocycles. The highest BCUT2D eigenvalue weighted by molar-refractivity contribution is 6.39. The molecule has 0 bridgehead atoms. The number of halogens is 3. The largest absolute Gasteiger partial charge is 0.396 e. The van der Waals surface area contributed by atoms with Crippen molar-refractivity contribution in [1.82, 2.24) is 10.2 Å². The van der Waals surface area contributed by atoms with Gasteiger partial charge in [0, 0.05) is 11.6 Å². The molecule has 1 fully saturated rings. The number of nitrogens with one attached hydrogen (secondary N) is 1. The third-order valence-corrected chi connectivity index (χ3v) is 5.37. The van der Waals surface area contributed by atoms with Crippen LogP contribution in [0.25, 0.3) is 0 Å². The van der Waals surface area contributed by atoms with Crippen LogP contribution in [0.2, 0.25) is 10.0 Å². The molecule has 3 rings (SSSR count). The Bertz CT molecular complexity index is 747. The van der Waals surface area contributed by atoms with Gasteiger partial charge in [0.05, 0.1) is 21.8 Å². The summed E-state index contributed by atoms with van der Waals surface area (Å²) in [6, 6.07) is 13.3. The number of anilines is 1. The molecular weight excluding hydrogens is 393 g/mol. The van der Waals surface area contributed by atoms with Crippen LogP contribution in [0.5, 0.6) is 0 Å². The molecule has 2 unspecified atom stereocenters. The number of carbonyl (C=O) groups is 1. The number of hydrogen-bond donors (Lipinski definition) is 2. The minimum atomic E-state index is -0.210. The van der Waals surface area contributed by atoms with Crippen molar-refractivity contribution in [2.24, 2.45) is 0 Å². The van der Waals surface area contributed by atoms with E-state index >= 15 is 0 Å². The summed E-state index contributed by atoms with van der Waals surface area (Å²) in [7, 11) is 2.09. The topological polar surface area (TPSA) is 58.4 Å². The van der Waals surface area contributed by atoms with Gasteiger partial charge in [-0.1, -0.05) is 53.5 Å². The van der Waals surface area contributed by atoms with E-state index in [2.05, 4.69) is 17.3 Å². The van der Waals surface area contributed by atoms with Gasteiger partial charge in [-0.05, 0) is 44.1 Å². The Morgan fingerprint density at radius 1 is 1.23 bits per heavy atom. The van der Waals surface area contributed by atoms with Crippen molar-refractivity contribution in [3.63, 3.8) is 0 Å². The van der Waals surface area contributed by atoms with E-state index in [9.17, 15) is 4.79 Å². The number of amides is 1. The summed E-state index contributed by atoms with van der Waals surface area (Å²) < 4.78 is 0. The first-order valence-corrected chi connectivity index (χ1v) is 9.03. The Kier molecular flexibility index (Phi) is 7.18. The highest BCUT2D eigenvalue weighted by Crippen LogP contribution is 2.31. The van der Waals surface area contributed by atoms with Gasteiger partial charge >= 0.3 is 0 Å². The SMILES string of the molecule is CN1CCCC1C(NC(=O)c1cc(Cl)c(N)c(Cl)c1)c1ccccc1.Cl. The zero-order valence-corrected chi connectivity index (χ0v) is 16.7. The van der Waals surface area contributed by atoms with Crippen LogP contribution in [-0.2, 0) is 0 Å². The van der Waals surface area contributed by atoms with Gasteiger partial charge in [-0.15, -0.1) is 12.4 Å². The van der Waals surface area contributed by atoms with Crippen molar-refractivity contribution in [2.45, 2.75) is 24.9 Å². The van der Waals surface area contributed by atoms with Crippen molar-refractivity contribution >= 4 is 47.2 Å². The van der Waals surface area contributed by atoms with Gasteiger partial charge in [0.1, 0.15) is 0 Å². The van der Waals surface area contributed by atoms with Gasteiger partial charge in [-0.2, -0.15) is 0 Å². The summed E-state index contributed by atoms with van der Waals surface area (Å²) in [6.07, 6.45) is 2.17. The van der Waals surface area contributed by atoms with Crippen LogP contribution in [0.1, 0.15) is 34.8 Å². The van der Waals surface area contributed by atoms with Gasteiger partial charge in [-0.25, -0.2) is 0 Å². The number of rotatable bonds is 4. The number of carbonyl (C=O) groups excluding carboxylic acids is 1. The van der Waals surface area contributed by atoms with E-state index in [-0.39, 0.29) is 46.1 Å². The average Bonchev–Trinajstić information content (AvgIpc) is 3.03. The molecule has 1 aliphatic heterocycles. The molecule has 1 amide bonds. The summed E-state index contributed by atoms with van der Waals surface area (Å²) in [5, 5.41) is 3.73. The summed E-state index contributed by atoms with van der Waals surface area (Å²) >= 11 is 12.1. The minimum absolute atomic E-state index is 0. The second kappa shape index (κ2) is 8.96. The number of nitrogens with two attached hydrogens (primary N) is 1. The maximum absolute atomic E-state index is 12.8. The molecule has 140 valence electrons. The molecule has 2 atom stereocenters. The molecule has 0 aliphatic carbocycles. The van der Waals surface area contributed by atoms with Gasteiger partial charge in [0.25, 0.3) is 5.91 Å². The number of likely N-dealkylation sites (N-methyl/N-ethyl adjacent to an activating group) is 1. The molecule has 0 radical (unpaired) electrons. The zero-order valence-electron chi connectivity index (χ0n) is 14.4. The lowest BCUT2D eigenvalue weighted by molar-refractivity contribution is 0.0913. The fraction of sp³-hybridized carbons (Fsp3) is 0.316. The first-order chi connectivity index (χ1) is 12.0. The highest BCUT2D eigenvalue weighted by atomic mass is 35.5. The molecule has 1 saturated heterocycles. The van der Waals surface area contributed by atoms with Crippen molar-refractivity contribution < 1.29 is 4.79 Å². The second-order valence-corrected chi connectivity index (χ2v) is 7.22. The van der Waals surface area contributed by atoms with Crippen molar-refractivity contribution in [3.8, 4) is 0 Å². The Balaban J connectivity index is 0.00000243. The van der Waals surface area contributed by atoms with Crippen LogP contribution in [0.15, 0.2) is 42.5 Å². The van der Waals surface area contributed by atoms with Crippen LogP contribution in [0.3, 0.4) is 0 Å². The minimum Gasteiger partial charge on any atom is -0.396 e. The van der Waals surface area contributed by atoms with E-state index in [1.54, 1.807) is 12.1 Å². The maximum Gasteiger partial charge on any atom is 0.251 e. The van der Waals surface area contributed by atoms with Crippen molar-refractivity contribution in [3.05, 3.63) is 63.6 Å². The Morgan fingerprint density at radius 3 is 2.38 bits per heavy atom. The van der Waals surface area contributed by atoms with E-state index < -0.39 is 0 Å². The van der Waals surface area contributed by atoms with Crippen LogP contribution < -0.4 is 11.1 Å². The van der Waals surface area contributed by atoms with Crippen LogP contribution in [0.4, 0.5) is 5.69 Å². The van der Waals surface area contributed by atoms with Crippen LogP contribution in [0, 0.1) is 0 Å². The maximum atomic E-state index is 12.8. The molecular formula is C19H22Cl3N3O. The average molecular weight is 415 g/mol. The number of likely N-dealkylation sites (tertiary alicyclic amines) is 1. The van der Waals surface area contributed by atoms with E-state index in [1.165, 1.54) is 0 Å². The van der Waals surface area contributed by atoms with Crippen molar-refractivity contribution in [2.75, 3.05) is 19.3 Å². The normalized spacial score (nSPS) is 18.2. The van der Waals surface area contributed by atoms with E-state index in [0.29, 0.717) is 5.56 Å². The molecule has 4 nitrogen and oxygen atoms in total. The third kappa shape index (κ3) is 4.44. The number of nitrogens with zero attached hydrogens (tertiary/aromatic N) is 1. The molecule has 0 spiro atoms. The molecule has 7 heteroatoms. The molecule has 0 aromatic heterocycles. The van der Waals surface area contributed by atoms with Crippen LogP contribution in [-0.4, -0.2) is 30.4 Å². The van der Waals surface area contributed by atoms with Gasteiger partial charge in [0.15, 0.2) is 0 Å². The Morgan fingerprint density at radius 2 is 1.85 bits per heavy atom. The van der Waals surface area contributed by atoms with Crippen LogP contribution >= 0.6 is 35.6 Å². The Labute approximate surface area is 170 Å². The Hall–Kier alpha value is -1.46. The predicted molar refractivity (Wildman–Crippen MR) is 110 cm³/mol. The lowest BCUT2D eigenvalue weighted by Crippen LogP contribution is -2.41. The lowest BCUT2D eigenvalue weighted by atomic mass is 9.97. The quantitative estimate of drug-likeness (QED) is 0.721. The third-order valence-electron chi connectivity index (χ3n) is 4.75. The summed E-state index contributed by atoms with van der Waals surface area (Å²) in [5.74, 6) is -0.210. The summed E-state index contributed by atoms with van der Waals surface area (Å²) in [4.78, 5) is 15.1. The molecule has 26 heavy (non-hydrogen) atoms. The number of hydrogen-bond acceptors (Lipinski definition) is 3. The molecule has 2 aromatic rings.